The smallest absolute Gasteiger partial charge is 0.357 e. The molecule has 5 nitrogen and oxygen atoms in total. The Hall–Kier alpha value is -1.88. The lowest BCUT2D eigenvalue weighted by molar-refractivity contribution is 0.0582. The average Bonchev–Trinajstić information content (AvgIpc) is 3.16. The Labute approximate surface area is 117 Å². The summed E-state index contributed by atoms with van der Waals surface area (Å²) in [6, 6.07) is 3.60. The summed E-state index contributed by atoms with van der Waals surface area (Å²) < 4.78 is 15.9. The quantitative estimate of drug-likeness (QED) is 0.609. The van der Waals surface area contributed by atoms with Gasteiger partial charge in [-0.1, -0.05) is 12.2 Å². The lowest BCUT2D eigenvalue weighted by Gasteiger charge is -2.14. The van der Waals surface area contributed by atoms with Crippen molar-refractivity contribution in [3.63, 3.8) is 0 Å². The van der Waals surface area contributed by atoms with E-state index in [1.807, 2.05) is 18.2 Å². The monoisotopic (exact) mass is 275 g/mol. The second kappa shape index (κ2) is 5.63. The highest BCUT2D eigenvalue weighted by atomic mass is 16.5. The molecule has 1 aromatic rings. The molecule has 1 aromatic heterocycles. The molecule has 0 bridgehead atoms. The summed E-state index contributed by atoms with van der Waals surface area (Å²) in [5.74, 6) is 0.628. The van der Waals surface area contributed by atoms with E-state index in [-0.39, 0.29) is 11.8 Å². The molecule has 0 spiro atoms. The fourth-order valence-corrected chi connectivity index (χ4v) is 2.10. The first-order chi connectivity index (χ1) is 9.78. The number of hydrogen-bond acceptors (Lipinski definition) is 5. The van der Waals surface area contributed by atoms with Gasteiger partial charge in [0.15, 0.2) is 5.69 Å². The zero-order valence-corrected chi connectivity index (χ0v) is 11.4. The second-order valence-electron chi connectivity index (χ2n) is 5.02. The Morgan fingerprint density at radius 1 is 1.45 bits per heavy atom. The van der Waals surface area contributed by atoms with Gasteiger partial charge in [0, 0.05) is 11.6 Å². The van der Waals surface area contributed by atoms with Crippen LogP contribution in [0.2, 0.25) is 0 Å². The summed E-state index contributed by atoms with van der Waals surface area (Å²) in [5, 5.41) is 0. The summed E-state index contributed by atoms with van der Waals surface area (Å²) in [6.07, 6.45) is 6.01. The highest BCUT2D eigenvalue weighted by Crippen LogP contribution is 2.30. The minimum atomic E-state index is -0.472. The van der Waals surface area contributed by atoms with Gasteiger partial charge in [0.25, 0.3) is 0 Å². The molecule has 0 radical (unpaired) electrons. The molecular formula is C15H17NO4. The van der Waals surface area contributed by atoms with E-state index in [2.05, 4.69) is 4.98 Å². The first-order valence-corrected chi connectivity index (χ1v) is 6.78. The minimum Gasteiger partial charge on any atom is -0.477 e. The first kappa shape index (κ1) is 13.1. The lowest BCUT2D eigenvalue weighted by Crippen LogP contribution is -2.13. The molecule has 20 heavy (non-hydrogen) atoms. The van der Waals surface area contributed by atoms with E-state index in [4.69, 9.17) is 14.2 Å². The SMILES string of the molecule is COC(=O)c1nc(OCC2CC2)ccc1C1C=CCO1. The van der Waals surface area contributed by atoms with Crippen LogP contribution in [0.25, 0.3) is 0 Å². The molecule has 3 rings (SSSR count). The Balaban J connectivity index is 1.84. The maximum Gasteiger partial charge on any atom is 0.357 e. The van der Waals surface area contributed by atoms with Gasteiger partial charge in [-0.15, -0.1) is 0 Å². The Morgan fingerprint density at radius 3 is 2.95 bits per heavy atom. The van der Waals surface area contributed by atoms with E-state index >= 15 is 0 Å². The molecule has 1 aliphatic heterocycles. The van der Waals surface area contributed by atoms with E-state index in [0.29, 0.717) is 30.6 Å². The van der Waals surface area contributed by atoms with Gasteiger partial charge in [-0.05, 0) is 24.8 Å². The molecule has 1 fully saturated rings. The number of ether oxygens (including phenoxy) is 3. The van der Waals surface area contributed by atoms with Crippen molar-refractivity contribution in [2.75, 3.05) is 20.3 Å². The predicted octanol–water partition coefficient (Wildman–Crippen LogP) is 2.28. The van der Waals surface area contributed by atoms with Crippen molar-refractivity contribution in [3.8, 4) is 5.88 Å². The number of aromatic nitrogens is 1. The van der Waals surface area contributed by atoms with Gasteiger partial charge in [0.2, 0.25) is 5.88 Å². The van der Waals surface area contributed by atoms with Gasteiger partial charge in [-0.2, -0.15) is 0 Å². The van der Waals surface area contributed by atoms with Crippen LogP contribution in [0.3, 0.4) is 0 Å². The number of carbonyl (C=O) groups excluding carboxylic acids is 1. The van der Waals surface area contributed by atoms with Crippen LogP contribution in [0.1, 0.15) is 35.0 Å². The van der Waals surface area contributed by atoms with Crippen molar-refractivity contribution >= 4 is 5.97 Å². The minimum absolute atomic E-state index is 0.242. The molecule has 0 amide bonds. The van der Waals surface area contributed by atoms with Crippen LogP contribution < -0.4 is 4.74 Å². The number of pyridine rings is 1. The summed E-state index contributed by atoms with van der Waals surface area (Å²) >= 11 is 0. The van der Waals surface area contributed by atoms with E-state index in [1.165, 1.54) is 20.0 Å². The van der Waals surface area contributed by atoms with Crippen molar-refractivity contribution < 1.29 is 19.0 Å². The fourth-order valence-electron chi connectivity index (χ4n) is 2.10. The summed E-state index contributed by atoms with van der Waals surface area (Å²) in [7, 11) is 1.34. The number of hydrogen-bond donors (Lipinski definition) is 0. The van der Waals surface area contributed by atoms with E-state index < -0.39 is 5.97 Å². The van der Waals surface area contributed by atoms with Crippen LogP contribution in [-0.2, 0) is 9.47 Å². The van der Waals surface area contributed by atoms with Gasteiger partial charge in [-0.3, -0.25) is 0 Å². The average molecular weight is 275 g/mol. The number of methoxy groups -OCH3 is 1. The highest BCUT2D eigenvalue weighted by Gasteiger charge is 2.25. The normalized spacial score (nSPS) is 20.9. The predicted molar refractivity (Wildman–Crippen MR) is 71.6 cm³/mol. The van der Waals surface area contributed by atoms with Crippen molar-refractivity contribution in [2.24, 2.45) is 5.92 Å². The zero-order chi connectivity index (χ0) is 13.9. The molecule has 0 saturated heterocycles. The molecule has 5 heteroatoms. The van der Waals surface area contributed by atoms with Crippen molar-refractivity contribution in [2.45, 2.75) is 18.9 Å². The fraction of sp³-hybridized carbons (Fsp3) is 0.467. The summed E-state index contributed by atoms with van der Waals surface area (Å²) in [4.78, 5) is 16.2. The van der Waals surface area contributed by atoms with E-state index in [9.17, 15) is 4.79 Å². The van der Waals surface area contributed by atoms with E-state index in [1.54, 1.807) is 6.07 Å². The van der Waals surface area contributed by atoms with Crippen molar-refractivity contribution in [1.29, 1.82) is 0 Å². The van der Waals surface area contributed by atoms with Crippen molar-refractivity contribution in [1.82, 2.24) is 4.98 Å². The van der Waals surface area contributed by atoms with Gasteiger partial charge in [0.1, 0.15) is 6.10 Å². The lowest BCUT2D eigenvalue weighted by atomic mass is 10.1. The topological polar surface area (TPSA) is 57.7 Å². The molecule has 2 heterocycles. The Bertz CT molecular complexity index is 537. The van der Waals surface area contributed by atoms with E-state index in [0.717, 1.165) is 0 Å². The summed E-state index contributed by atoms with van der Waals surface area (Å²) in [5.41, 5.74) is 0.974. The molecule has 1 unspecified atom stereocenters. The molecule has 1 saturated carbocycles. The molecule has 0 N–H and O–H groups in total. The standard InChI is InChI=1S/C15H17NO4/c1-18-15(17)14-11(12-3-2-8-19-12)6-7-13(16-14)20-9-10-4-5-10/h2-3,6-7,10,12H,4-5,8-9H2,1H3. The third-order valence-corrected chi connectivity index (χ3v) is 3.43. The van der Waals surface area contributed by atoms with Gasteiger partial charge < -0.3 is 14.2 Å². The number of esters is 1. The van der Waals surface area contributed by atoms with Crippen LogP contribution >= 0.6 is 0 Å². The van der Waals surface area contributed by atoms with Crippen LogP contribution in [0, 0.1) is 5.92 Å². The van der Waals surface area contributed by atoms with Crippen LogP contribution in [0.5, 0.6) is 5.88 Å². The molecule has 0 aromatic carbocycles. The third kappa shape index (κ3) is 2.82. The largest absolute Gasteiger partial charge is 0.477 e. The van der Waals surface area contributed by atoms with Crippen molar-refractivity contribution in [3.05, 3.63) is 35.5 Å². The van der Waals surface area contributed by atoms with Crippen LogP contribution in [0.4, 0.5) is 0 Å². The maximum atomic E-state index is 11.9. The number of rotatable bonds is 5. The van der Waals surface area contributed by atoms with Gasteiger partial charge in [-0.25, -0.2) is 9.78 Å². The molecule has 1 atom stereocenters. The molecule has 106 valence electrons. The Morgan fingerprint density at radius 2 is 2.30 bits per heavy atom. The van der Waals surface area contributed by atoms with Crippen LogP contribution in [-0.4, -0.2) is 31.3 Å². The highest BCUT2D eigenvalue weighted by molar-refractivity contribution is 5.89. The third-order valence-electron chi connectivity index (χ3n) is 3.43. The van der Waals surface area contributed by atoms with Gasteiger partial charge >= 0.3 is 5.97 Å². The second-order valence-corrected chi connectivity index (χ2v) is 5.02. The molecular weight excluding hydrogens is 258 g/mol. The molecule has 1 aliphatic carbocycles. The summed E-state index contributed by atoms with van der Waals surface area (Å²) in [6.45, 7) is 1.21. The zero-order valence-electron chi connectivity index (χ0n) is 11.4. The Kier molecular flexibility index (Phi) is 3.69. The van der Waals surface area contributed by atoms with Gasteiger partial charge in [0.05, 0.1) is 20.3 Å². The van der Waals surface area contributed by atoms with Crippen LogP contribution in [0.15, 0.2) is 24.3 Å². The number of nitrogens with zero attached hydrogens (tertiary/aromatic N) is 1. The molecule has 2 aliphatic rings. The maximum absolute atomic E-state index is 11.9. The first-order valence-electron chi connectivity index (χ1n) is 6.78. The number of carbonyl (C=O) groups is 1.